The van der Waals surface area contributed by atoms with Crippen LogP contribution < -0.4 is 5.73 Å². The van der Waals surface area contributed by atoms with Crippen molar-refractivity contribution in [1.29, 1.82) is 0 Å². The average Bonchev–Trinajstić information content (AvgIpc) is 2.50. The summed E-state index contributed by atoms with van der Waals surface area (Å²) >= 11 is 0. The number of nitrogens with two attached hydrogens (primary N) is 1. The van der Waals surface area contributed by atoms with Gasteiger partial charge in [0.1, 0.15) is 0 Å². The lowest BCUT2D eigenvalue weighted by Gasteiger charge is -1.93. The van der Waals surface area contributed by atoms with Crippen LogP contribution >= 0.6 is 0 Å². The van der Waals surface area contributed by atoms with E-state index in [1.165, 1.54) is 12.8 Å². The zero-order valence-electron chi connectivity index (χ0n) is 5.38. The molecule has 0 heterocycles. The van der Waals surface area contributed by atoms with Crippen molar-refractivity contribution in [3.63, 3.8) is 0 Å². The number of aliphatic imine (C=N–C) groups is 1. The van der Waals surface area contributed by atoms with Gasteiger partial charge >= 0.3 is 0 Å². The number of rotatable bonds is 3. The predicted octanol–water partition coefficient (Wildman–Crippen LogP) is -0.112. The summed E-state index contributed by atoms with van der Waals surface area (Å²) in [6.45, 7) is 0.113. The quantitative estimate of drug-likeness (QED) is 0.411. The van der Waals surface area contributed by atoms with Gasteiger partial charge < -0.3 is 10.8 Å². The average molecular weight is 128 g/mol. The zero-order chi connectivity index (χ0) is 6.69. The summed E-state index contributed by atoms with van der Waals surface area (Å²) in [6.07, 6.45) is 2.87. The molecule has 1 aliphatic rings. The van der Waals surface area contributed by atoms with Crippen molar-refractivity contribution < 1.29 is 5.11 Å². The Kier molecular flexibility index (Phi) is 2.05. The molecule has 0 radical (unpaired) electrons. The van der Waals surface area contributed by atoms with Crippen molar-refractivity contribution in [2.24, 2.45) is 10.7 Å². The maximum Gasteiger partial charge on any atom is 0.0963 e. The molecular weight excluding hydrogens is 116 g/mol. The molecule has 0 bridgehead atoms. The first-order valence-corrected chi connectivity index (χ1v) is 3.26. The lowest BCUT2D eigenvalue weighted by atomic mass is 10.4. The van der Waals surface area contributed by atoms with Gasteiger partial charge in [0.05, 0.1) is 18.5 Å². The van der Waals surface area contributed by atoms with Crippen LogP contribution in [0.15, 0.2) is 4.99 Å². The SMILES string of the molecule is NC(CCO)=NC1CC1. The van der Waals surface area contributed by atoms with E-state index in [0.29, 0.717) is 18.3 Å². The number of aliphatic hydroxyl groups excluding tert-OH is 1. The number of hydrogen-bond donors (Lipinski definition) is 2. The van der Waals surface area contributed by atoms with Gasteiger partial charge in [0.2, 0.25) is 0 Å². The van der Waals surface area contributed by atoms with E-state index < -0.39 is 0 Å². The first-order valence-electron chi connectivity index (χ1n) is 3.26. The molecular formula is C6H12N2O. The molecule has 3 heteroatoms. The van der Waals surface area contributed by atoms with Crippen molar-refractivity contribution in [3.8, 4) is 0 Å². The van der Waals surface area contributed by atoms with Gasteiger partial charge in [-0.2, -0.15) is 0 Å². The van der Waals surface area contributed by atoms with Crippen LogP contribution in [0.5, 0.6) is 0 Å². The summed E-state index contributed by atoms with van der Waals surface area (Å²) in [6, 6.07) is 0.483. The monoisotopic (exact) mass is 128 g/mol. The third-order valence-corrected chi connectivity index (χ3v) is 1.26. The van der Waals surface area contributed by atoms with Crippen LogP contribution in [0.2, 0.25) is 0 Å². The highest BCUT2D eigenvalue weighted by atomic mass is 16.3. The fourth-order valence-electron chi connectivity index (χ4n) is 0.617. The zero-order valence-corrected chi connectivity index (χ0v) is 5.38. The maximum absolute atomic E-state index is 8.41. The summed E-state index contributed by atoms with van der Waals surface area (Å²) in [4.78, 5) is 4.11. The highest BCUT2D eigenvalue weighted by Crippen LogP contribution is 2.23. The molecule has 1 saturated carbocycles. The Balaban J connectivity index is 2.20. The second-order valence-electron chi connectivity index (χ2n) is 2.33. The van der Waals surface area contributed by atoms with Crippen LogP contribution in [0.4, 0.5) is 0 Å². The number of nitrogens with zero attached hydrogens (tertiary/aromatic N) is 1. The van der Waals surface area contributed by atoms with Gasteiger partial charge in [-0.15, -0.1) is 0 Å². The molecule has 1 aliphatic carbocycles. The van der Waals surface area contributed by atoms with E-state index in [-0.39, 0.29) is 6.61 Å². The summed E-state index contributed by atoms with van der Waals surface area (Å²) in [5.74, 6) is 0.597. The standard InChI is InChI=1S/C6H12N2O/c7-6(3-4-9)8-5-1-2-5/h5,9H,1-4H2,(H2,7,8). The first kappa shape index (κ1) is 6.55. The highest BCUT2D eigenvalue weighted by molar-refractivity contribution is 5.80. The lowest BCUT2D eigenvalue weighted by Crippen LogP contribution is -2.13. The van der Waals surface area contributed by atoms with Crippen molar-refractivity contribution in [2.45, 2.75) is 25.3 Å². The lowest BCUT2D eigenvalue weighted by molar-refractivity contribution is 0.306. The summed E-state index contributed by atoms with van der Waals surface area (Å²) in [5.41, 5.74) is 5.42. The molecule has 0 aromatic rings. The fourth-order valence-corrected chi connectivity index (χ4v) is 0.617. The van der Waals surface area contributed by atoms with Gasteiger partial charge in [-0.3, -0.25) is 4.99 Å². The van der Waals surface area contributed by atoms with E-state index >= 15 is 0 Å². The van der Waals surface area contributed by atoms with Crippen LogP contribution in [0.1, 0.15) is 19.3 Å². The molecule has 0 aromatic heterocycles. The van der Waals surface area contributed by atoms with E-state index in [2.05, 4.69) is 4.99 Å². The van der Waals surface area contributed by atoms with Crippen LogP contribution in [-0.2, 0) is 0 Å². The summed E-state index contributed by atoms with van der Waals surface area (Å²) in [5, 5.41) is 8.41. The molecule has 1 fully saturated rings. The topological polar surface area (TPSA) is 58.6 Å². The Labute approximate surface area is 54.6 Å². The van der Waals surface area contributed by atoms with Gasteiger partial charge in [-0.1, -0.05) is 0 Å². The van der Waals surface area contributed by atoms with Gasteiger partial charge in [-0.25, -0.2) is 0 Å². The Morgan fingerprint density at radius 2 is 2.33 bits per heavy atom. The van der Waals surface area contributed by atoms with Gasteiger partial charge in [0.25, 0.3) is 0 Å². The number of amidine groups is 1. The molecule has 3 N–H and O–H groups in total. The molecule has 0 amide bonds. The van der Waals surface area contributed by atoms with E-state index in [1.54, 1.807) is 0 Å². The predicted molar refractivity (Wildman–Crippen MR) is 36.3 cm³/mol. The Hall–Kier alpha value is -0.570. The second-order valence-corrected chi connectivity index (χ2v) is 2.33. The second kappa shape index (κ2) is 2.82. The van der Waals surface area contributed by atoms with Crippen LogP contribution in [0.3, 0.4) is 0 Å². The third kappa shape index (κ3) is 2.46. The largest absolute Gasteiger partial charge is 0.396 e. The summed E-state index contributed by atoms with van der Waals surface area (Å²) in [7, 11) is 0. The van der Waals surface area contributed by atoms with E-state index in [4.69, 9.17) is 10.8 Å². The number of hydrogen-bond acceptors (Lipinski definition) is 2. The highest BCUT2D eigenvalue weighted by Gasteiger charge is 2.19. The van der Waals surface area contributed by atoms with E-state index in [0.717, 1.165) is 0 Å². The van der Waals surface area contributed by atoms with E-state index in [1.807, 2.05) is 0 Å². The smallest absolute Gasteiger partial charge is 0.0963 e. The van der Waals surface area contributed by atoms with Gasteiger partial charge in [-0.05, 0) is 12.8 Å². The Bertz CT molecular complexity index is 118. The molecule has 9 heavy (non-hydrogen) atoms. The first-order chi connectivity index (χ1) is 4.33. The van der Waals surface area contributed by atoms with Crippen LogP contribution in [0.25, 0.3) is 0 Å². The van der Waals surface area contributed by atoms with Crippen molar-refractivity contribution in [2.75, 3.05) is 6.61 Å². The molecule has 0 aromatic carbocycles. The normalized spacial score (nSPS) is 20.3. The molecule has 0 saturated heterocycles. The minimum Gasteiger partial charge on any atom is -0.396 e. The van der Waals surface area contributed by atoms with Crippen LogP contribution in [-0.4, -0.2) is 23.6 Å². The minimum absolute atomic E-state index is 0.113. The minimum atomic E-state index is 0.113. The fraction of sp³-hybridized carbons (Fsp3) is 0.833. The molecule has 52 valence electrons. The molecule has 0 atom stereocenters. The molecule has 0 unspecified atom stereocenters. The molecule has 1 rings (SSSR count). The van der Waals surface area contributed by atoms with Crippen LogP contribution in [0, 0.1) is 0 Å². The van der Waals surface area contributed by atoms with Gasteiger partial charge in [0.15, 0.2) is 0 Å². The molecule has 0 spiro atoms. The number of aliphatic hydroxyl groups is 1. The van der Waals surface area contributed by atoms with Crippen molar-refractivity contribution in [3.05, 3.63) is 0 Å². The van der Waals surface area contributed by atoms with Gasteiger partial charge in [0, 0.05) is 6.42 Å². The molecule has 0 aliphatic heterocycles. The Morgan fingerprint density at radius 1 is 1.67 bits per heavy atom. The third-order valence-electron chi connectivity index (χ3n) is 1.26. The maximum atomic E-state index is 8.41. The summed E-state index contributed by atoms with van der Waals surface area (Å²) < 4.78 is 0. The molecule has 3 nitrogen and oxygen atoms in total. The van der Waals surface area contributed by atoms with Crippen molar-refractivity contribution in [1.82, 2.24) is 0 Å². The van der Waals surface area contributed by atoms with Crippen molar-refractivity contribution >= 4 is 5.84 Å². The Morgan fingerprint density at radius 3 is 2.78 bits per heavy atom. The van der Waals surface area contributed by atoms with E-state index in [9.17, 15) is 0 Å².